The summed E-state index contributed by atoms with van der Waals surface area (Å²) >= 11 is 0. The molecular weight excluding hydrogens is 695 g/mol. The minimum absolute atomic E-state index is 0.176. The van der Waals surface area contributed by atoms with Gasteiger partial charge in [0.1, 0.15) is 12.7 Å². The van der Waals surface area contributed by atoms with Gasteiger partial charge in [-0.1, -0.05) is 145 Å². The zero-order valence-corrected chi connectivity index (χ0v) is 33.9. The topological polar surface area (TPSA) is 149 Å². The molecule has 0 aliphatic rings. The largest absolute Gasteiger partial charge is 0.472 e. The number of rotatable bonds is 37. The van der Waals surface area contributed by atoms with Crippen LogP contribution in [0.25, 0.3) is 0 Å². The molecule has 306 valence electrons. The Kier molecular flexibility index (Phi) is 36.3. The van der Waals surface area contributed by atoms with Gasteiger partial charge in [-0.05, 0) is 57.8 Å². The quantitative estimate of drug-likeness (QED) is 0.0241. The second kappa shape index (κ2) is 38.0. The first kappa shape index (κ1) is 50.7. The highest BCUT2D eigenvalue weighted by molar-refractivity contribution is 7.47. The van der Waals surface area contributed by atoms with E-state index in [4.69, 9.17) is 19.1 Å². The van der Waals surface area contributed by atoms with E-state index >= 15 is 0 Å². The first-order valence-electron chi connectivity index (χ1n) is 20.2. The molecule has 0 spiro atoms. The number of ether oxygens (including phenoxy) is 2. The van der Waals surface area contributed by atoms with Crippen LogP contribution in [0.5, 0.6) is 0 Å². The van der Waals surface area contributed by atoms with Crippen molar-refractivity contribution in [2.24, 2.45) is 0 Å². The zero-order valence-electron chi connectivity index (χ0n) is 33.0. The molecule has 0 aliphatic carbocycles. The van der Waals surface area contributed by atoms with E-state index in [0.717, 1.165) is 70.6 Å². The van der Waals surface area contributed by atoms with Gasteiger partial charge in [-0.15, -0.1) is 0 Å². The number of esters is 2. The van der Waals surface area contributed by atoms with Gasteiger partial charge in [-0.3, -0.25) is 18.6 Å². The third-order valence-electron chi connectivity index (χ3n) is 8.19. The maximum atomic E-state index is 12.5. The molecule has 0 heterocycles. The normalized spacial score (nSPS) is 14.6. The average molecular weight is 769 g/mol. The van der Waals surface area contributed by atoms with E-state index in [0.29, 0.717) is 12.8 Å². The predicted octanol–water partition coefficient (Wildman–Crippen LogP) is 10.3. The van der Waals surface area contributed by atoms with Crippen molar-refractivity contribution < 1.29 is 47.8 Å². The summed E-state index contributed by atoms with van der Waals surface area (Å²) in [5.74, 6) is -0.967. The number of hydrogen-bond donors (Lipinski definition) is 3. The Hall–Kier alpha value is -2.33. The molecule has 0 radical (unpaired) electrons. The summed E-state index contributed by atoms with van der Waals surface area (Å²) in [6.07, 6.45) is 40.5. The van der Waals surface area contributed by atoms with Crippen molar-refractivity contribution in [3.8, 4) is 0 Å². The van der Waals surface area contributed by atoms with Crippen molar-refractivity contribution >= 4 is 19.8 Å². The van der Waals surface area contributed by atoms with Crippen LogP contribution in [0.1, 0.15) is 155 Å². The molecule has 0 aromatic rings. The van der Waals surface area contributed by atoms with E-state index < -0.39 is 51.8 Å². The molecule has 10 nitrogen and oxygen atoms in total. The molecule has 0 bridgehead atoms. The van der Waals surface area contributed by atoms with E-state index in [1.54, 1.807) is 0 Å². The Balaban J connectivity index is 4.37. The van der Waals surface area contributed by atoms with Crippen molar-refractivity contribution in [3.05, 3.63) is 60.8 Å². The van der Waals surface area contributed by atoms with Crippen molar-refractivity contribution in [3.63, 3.8) is 0 Å². The highest BCUT2D eigenvalue weighted by atomic mass is 31.2. The summed E-state index contributed by atoms with van der Waals surface area (Å²) in [4.78, 5) is 34.9. The van der Waals surface area contributed by atoms with Crippen LogP contribution in [-0.2, 0) is 32.7 Å². The summed E-state index contributed by atoms with van der Waals surface area (Å²) in [5.41, 5.74) is 0. The van der Waals surface area contributed by atoms with E-state index in [1.165, 1.54) is 44.9 Å². The van der Waals surface area contributed by atoms with Gasteiger partial charge in [-0.2, -0.15) is 0 Å². The number of carbonyl (C=O) groups is 2. The van der Waals surface area contributed by atoms with Gasteiger partial charge in [0.2, 0.25) is 0 Å². The first-order valence-corrected chi connectivity index (χ1v) is 21.7. The number of carbonyl (C=O) groups excluding carboxylic acids is 2. The average Bonchev–Trinajstić information content (AvgIpc) is 3.14. The predicted molar refractivity (Wildman–Crippen MR) is 214 cm³/mol. The van der Waals surface area contributed by atoms with Gasteiger partial charge in [0, 0.05) is 12.8 Å². The number of phosphoric acid groups is 1. The Labute approximate surface area is 321 Å². The van der Waals surface area contributed by atoms with Crippen LogP contribution in [0, 0.1) is 0 Å². The molecule has 11 heteroatoms. The lowest BCUT2D eigenvalue weighted by Crippen LogP contribution is -2.29. The standard InChI is InChI=1S/C42H73O10P/c1-3-5-7-9-11-13-15-16-17-18-19-20-21-22-24-25-27-29-31-33-41(45)49-37-40(38-51-53(47,48)50-36-39(44)35-43)52-42(46)34-32-30-28-26-23-14-12-10-8-6-4-2/h5,7,11,13,16-17,19-20,22,24,39-40,43-44H,3-4,6,8-10,12,14-15,18,21,23,25-38H2,1-2H3,(H,47,48)/b7-5+,13-11+,17-16+,20-19+,24-22+/t39-,40+/m1/s1. The van der Waals surface area contributed by atoms with E-state index in [1.807, 2.05) is 0 Å². The molecule has 0 fully saturated rings. The zero-order chi connectivity index (χ0) is 39.1. The fourth-order valence-corrected chi connectivity index (χ4v) is 5.87. The van der Waals surface area contributed by atoms with Gasteiger partial charge in [0.05, 0.1) is 19.8 Å². The molecule has 0 saturated heterocycles. The van der Waals surface area contributed by atoms with Crippen LogP contribution in [0.2, 0.25) is 0 Å². The molecule has 0 aliphatic heterocycles. The lowest BCUT2D eigenvalue weighted by Gasteiger charge is -2.20. The number of hydrogen-bond acceptors (Lipinski definition) is 9. The van der Waals surface area contributed by atoms with Crippen molar-refractivity contribution in [1.29, 1.82) is 0 Å². The summed E-state index contributed by atoms with van der Waals surface area (Å²) in [5, 5.41) is 18.3. The lowest BCUT2D eigenvalue weighted by molar-refractivity contribution is -0.161. The monoisotopic (exact) mass is 768 g/mol. The van der Waals surface area contributed by atoms with Gasteiger partial charge in [-0.25, -0.2) is 4.57 Å². The maximum absolute atomic E-state index is 12.5. The highest BCUT2D eigenvalue weighted by Crippen LogP contribution is 2.43. The fourth-order valence-electron chi connectivity index (χ4n) is 5.08. The van der Waals surface area contributed by atoms with Crippen LogP contribution >= 0.6 is 7.82 Å². The Morgan fingerprint density at radius 3 is 1.57 bits per heavy atom. The van der Waals surface area contributed by atoms with Crippen LogP contribution in [0.3, 0.4) is 0 Å². The molecule has 0 rings (SSSR count). The van der Waals surface area contributed by atoms with Gasteiger partial charge in [0.25, 0.3) is 0 Å². The maximum Gasteiger partial charge on any atom is 0.472 e. The second-order valence-electron chi connectivity index (χ2n) is 13.3. The third kappa shape index (κ3) is 37.8. The fraction of sp³-hybridized carbons (Fsp3) is 0.714. The minimum atomic E-state index is -4.62. The minimum Gasteiger partial charge on any atom is -0.462 e. The molecular formula is C42H73O10P. The Morgan fingerprint density at radius 1 is 0.585 bits per heavy atom. The molecule has 53 heavy (non-hydrogen) atoms. The van der Waals surface area contributed by atoms with E-state index in [9.17, 15) is 24.2 Å². The van der Waals surface area contributed by atoms with E-state index in [-0.39, 0.29) is 19.4 Å². The third-order valence-corrected chi connectivity index (χ3v) is 9.14. The number of aliphatic hydroxyl groups excluding tert-OH is 2. The number of aliphatic hydroxyl groups is 2. The van der Waals surface area contributed by atoms with Gasteiger partial charge >= 0.3 is 19.8 Å². The van der Waals surface area contributed by atoms with Gasteiger partial charge in [0.15, 0.2) is 6.10 Å². The van der Waals surface area contributed by atoms with Gasteiger partial charge < -0.3 is 24.6 Å². The smallest absolute Gasteiger partial charge is 0.462 e. The molecule has 0 saturated carbocycles. The molecule has 0 aromatic heterocycles. The summed E-state index contributed by atoms with van der Waals surface area (Å²) in [6, 6.07) is 0. The number of unbranched alkanes of at least 4 members (excludes halogenated alkanes) is 13. The SMILES string of the molecule is CC/C=C/C/C=C/C/C=C/C/C=C/C/C=C/CCCCCC(=O)OC[C@@H](COP(=O)(O)OC[C@H](O)CO)OC(=O)CCCCCCCCCCCCC. The summed E-state index contributed by atoms with van der Waals surface area (Å²) in [7, 11) is -4.62. The first-order chi connectivity index (χ1) is 25.7. The lowest BCUT2D eigenvalue weighted by atomic mass is 10.1. The number of allylic oxidation sites excluding steroid dienone is 10. The summed E-state index contributed by atoms with van der Waals surface area (Å²) in [6.45, 7) is 2.20. The van der Waals surface area contributed by atoms with Crippen LogP contribution in [-0.4, -0.2) is 65.7 Å². The van der Waals surface area contributed by atoms with Crippen molar-refractivity contribution in [2.45, 2.75) is 167 Å². The molecule has 1 unspecified atom stereocenters. The molecule has 3 atom stereocenters. The number of phosphoric ester groups is 1. The molecule has 0 aromatic carbocycles. The Morgan fingerprint density at radius 2 is 1.04 bits per heavy atom. The molecule has 0 amide bonds. The van der Waals surface area contributed by atoms with Crippen molar-refractivity contribution in [1.82, 2.24) is 0 Å². The summed E-state index contributed by atoms with van der Waals surface area (Å²) < 4.78 is 32.6. The van der Waals surface area contributed by atoms with E-state index in [2.05, 4.69) is 79.1 Å². The molecule has 3 N–H and O–H groups in total. The van der Waals surface area contributed by atoms with Crippen LogP contribution in [0.4, 0.5) is 0 Å². The van der Waals surface area contributed by atoms with Crippen molar-refractivity contribution in [2.75, 3.05) is 26.4 Å². The Bertz CT molecular complexity index is 1070. The van der Waals surface area contributed by atoms with Crippen LogP contribution in [0.15, 0.2) is 60.8 Å². The second-order valence-corrected chi connectivity index (χ2v) is 14.7. The van der Waals surface area contributed by atoms with Crippen LogP contribution < -0.4 is 0 Å². The highest BCUT2D eigenvalue weighted by Gasteiger charge is 2.27.